The monoisotopic (exact) mass is 608 g/mol. The normalized spacial score (nSPS) is 14.4. The number of anilines is 4. The third-order valence-electron chi connectivity index (χ3n) is 9.69. The van der Waals surface area contributed by atoms with E-state index in [1.165, 1.54) is 58.7 Å². The molecule has 2 N–H and O–H groups in total. The van der Waals surface area contributed by atoms with Crippen LogP contribution in [0.4, 0.5) is 22.7 Å². The Morgan fingerprint density at radius 2 is 0.870 bits per heavy atom. The van der Waals surface area contributed by atoms with Gasteiger partial charge in [0, 0.05) is 22.2 Å². The van der Waals surface area contributed by atoms with Gasteiger partial charge in [0.15, 0.2) is 0 Å². The molecule has 6 heteroatoms. The van der Waals surface area contributed by atoms with Crippen molar-refractivity contribution in [1.29, 1.82) is 0 Å². The Bertz CT molecular complexity index is 1930. The lowest BCUT2D eigenvalue weighted by Gasteiger charge is -2.24. The zero-order valence-electron chi connectivity index (χ0n) is 26.9. The van der Waals surface area contributed by atoms with Gasteiger partial charge in [0.25, 0.3) is 0 Å². The summed E-state index contributed by atoms with van der Waals surface area (Å²) in [6.07, 6.45) is 0. The van der Waals surface area contributed by atoms with Crippen molar-refractivity contribution in [2.45, 2.75) is 38.5 Å². The standard InChI is InChI=1S/C40H36N2O4/c1-39(2)31-19-23(41-35-13-9-7-11-27(35)37(43)45-5)15-17-25(31)29-22-34-30(21-33(29)39)26-18-16-24(20-32(26)40(34,3)4)42-36-14-10-8-12-28(36)38(44)46-6/h7-22,41-42H,1-6H3. The van der Waals surface area contributed by atoms with E-state index in [1.54, 1.807) is 12.1 Å². The fraction of sp³-hybridized carbons (Fsp3) is 0.200. The molecule has 230 valence electrons. The number of hydrogen-bond acceptors (Lipinski definition) is 6. The van der Waals surface area contributed by atoms with Gasteiger partial charge in [-0.25, -0.2) is 9.59 Å². The van der Waals surface area contributed by atoms with Gasteiger partial charge in [0.1, 0.15) is 0 Å². The Kier molecular flexibility index (Phi) is 6.78. The molecule has 5 aromatic rings. The van der Waals surface area contributed by atoms with Crippen LogP contribution in [-0.2, 0) is 20.3 Å². The van der Waals surface area contributed by atoms with E-state index in [1.807, 2.05) is 36.4 Å². The van der Waals surface area contributed by atoms with Crippen molar-refractivity contribution < 1.29 is 19.1 Å². The first-order chi connectivity index (χ1) is 22.0. The predicted octanol–water partition coefficient (Wildman–Crippen LogP) is 9.36. The Morgan fingerprint density at radius 3 is 1.26 bits per heavy atom. The molecule has 0 saturated carbocycles. The van der Waals surface area contributed by atoms with Crippen LogP contribution in [0.25, 0.3) is 22.3 Å². The first kappa shape index (κ1) is 29.4. The molecular weight excluding hydrogens is 572 g/mol. The molecule has 0 unspecified atom stereocenters. The van der Waals surface area contributed by atoms with Crippen LogP contribution in [0.3, 0.4) is 0 Å². The predicted molar refractivity (Wildman–Crippen MR) is 184 cm³/mol. The summed E-state index contributed by atoms with van der Waals surface area (Å²) in [4.78, 5) is 24.7. The highest BCUT2D eigenvalue weighted by Crippen LogP contribution is 2.56. The van der Waals surface area contributed by atoms with Crippen LogP contribution in [0.2, 0.25) is 0 Å². The summed E-state index contributed by atoms with van der Waals surface area (Å²) in [6, 6.07) is 32.5. The van der Waals surface area contributed by atoms with E-state index >= 15 is 0 Å². The number of esters is 2. The highest BCUT2D eigenvalue weighted by Gasteiger charge is 2.41. The summed E-state index contributed by atoms with van der Waals surface area (Å²) in [5.74, 6) is -0.744. The molecule has 2 aliphatic carbocycles. The molecule has 0 bridgehead atoms. The zero-order valence-corrected chi connectivity index (χ0v) is 26.9. The van der Waals surface area contributed by atoms with Crippen molar-refractivity contribution in [3.8, 4) is 22.3 Å². The fourth-order valence-electron chi connectivity index (χ4n) is 7.19. The van der Waals surface area contributed by atoms with Crippen molar-refractivity contribution in [3.63, 3.8) is 0 Å². The molecule has 5 aromatic carbocycles. The van der Waals surface area contributed by atoms with Crippen molar-refractivity contribution in [2.24, 2.45) is 0 Å². The average Bonchev–Trinajstić information content (AvgIpc) is 3.42. The Hall–Kier alpha value is -5.36. The molecule has 0 heterocycles. The molecule has 6 nitrogen and oxygen atoms in total. The van der Waals surface area contributed by atoms with Crippen LogP contribution in [0.15, 0.2) is 97.1 Å². The molecule has 0 aromatic heterocycles. The smallest absolute Gasteiger partial charge is 0.339 e. The molecule has 0 amide bonds. The average molecular weight is 609 g/mol. The van der Waals surface area contributed by atoms with Crippen LogP contribution >= 0.6 is 0 Å². The maximum atomic E-state index is 12.4. The highest BCUT2D eigenvalue weighted by molar-refractivity contribution is 5.98. The van der Waals surface area contributed by atoms with E-state index in [-0.39, 0.29) is 22.8 Å². The van der Waals surface area contributed by atoms with Crippen LogP contribution in [0, 0.1) is 0 Å². The van der Waals surface area contributed by atoms with Gasteiger partial charge in [0.2, 0.25) is 0 Å². The lowest BCUT2D eigenvalue weighted by molar-refractivity contribution is 0.0593. The van der Waals surface area contributed by atoms with Gasteiger partial charge in [-0.05, 0) is 105 Å². The summed E-state index contributed by atoms with van der Waals surface area (Å²) in [7, 11) is 2.79. The van der Waals surface area contributed by atoms with E-state index in [0.29, 0.717) is 22.5 Å². The molecule has 0 spiro atoms. The van der Waals surface area contributed by atoms with Crippen molar-refractivity contribution >= 4 is 34.7 Å². The van der Waals surface area contributed by atoms with E-state index < -0.39 is 0 Å². The molecule has 0 saturated heterocycles. The fourth-order valence-corrected chi connectivity index (χ4v) is 7.19. The Morgan fingerprint density at radius 1 is 0.500 bits per heavy atom. The minimum atomic E-state index is -0.372. The minimum Gasteiger partial charge on any atom is -0.465 e. The van der Waals surface area contributed by atoms with E-state index in [2.05, 4.69) is 86.9 Å². The first-order valence-electron chi connectivity index (χ1n) is 15.4. The van der Waals surface area contributed by atoms with Crippen molar-refractivity contribution in [1.82, 2.24) is 0 Å². The van der Waals surface area contributed by atoms with Gasteiger partial charge in [0.05, 0.1) is 36.7 Å². The van der Waals surface area contributed by atoms with Gasteiger partial charge in [-0.2, -0.15) is 0 Å². The van der Waals surface area contributed by atoms with Crippen LogP contribution in [-0.4, -0.2) is 26.2 Å². The number of nitrogens with one attached hydrogen (secondary N) is 2. The van der Waals surface area contributed by atoms with Gasteiger partial charge < -0.3 is 20.1 Å². The minimum absolute atomic E-state index is 0.231. The van der Waals surface area contributed by atoms with E-state index in [4.69, 9.17) is 9.47 Å². The lowest BCUT2D eigenvalue weighted by Crippen LogP contribution is -2.17. The molecule has 7 rings (SSSR count). The Balaban J connectivity index is 1.25. The number of ether oxygens (including phenoxy) is 2. The van der Waals surface area contributed by atoms with Gasteiger partial charge in [-0.3, -0.25) is 0 Å². The van der Waals surface area contributed by atoms with Crippen LogP contribution in [0.5, 0.6) is 0 Å². The number of hydrogen-bond donors (Lipinski definition) is 2. The summed E-state index contributed by atoms with van der Waals surface area (Å²) >= 11 is 0. The van der Waals surface area contributed by atoms with Crippen molar-refractivity contribution in [3.05, 3.63) is 130 Å². The summed E-state index contributed by atoms with van der Waals surface area (Å²) < 4.78 is 9.99. The molecule has 0 aliphatic heterocycles. The van der Waals surface area contributed by atoms with Crippen molar-refractivity contribution in [2.75, 3.05) is 24.9 Å². The lowest BCUT2D eigenvalue weighted by atomic mass is 9.79. The van der Waals surface area contributed by atoms with E-state index in [0.717, 1.165) is 11.4 Å². The second kappa shape index (κ2) is 10.6. The van der Waals surface area contributed by atoms with E-state index in [9.17, 15) is 9.59 Å². The topological polar surface area (TPSA) is 76.7 Å². The third kappa shape index (κ3) is 4.47. The SMILES string of the molecule is COC(=O)c1ccccc1Nc1ccc2c(c1)C(C)(C)c1cc3c(cc1-2)C(C)(C)c1cc(Nc2ccccc2C(=O)OC)ccc1-3. The number of methoxy groups -OCH3 is 2. The molecule has 0 radical (unpaired) electrons. The van der Waals surface area contributed by atoms with Gasteiger partial charge in [-0.1, -0.05) is 64.1 Å². The maximum Gasteiger partial charge on any atom is 0.339 e. The van der Waals surface area contributed by atoms with Gasteiger partial charge >= 0.3 is 11.9 Å². The number of para-hydroxylation sites is 2. The number of carbonyl (C=O) groups is 2. The molecule has 2 aliphatic rings. The maximum absolute atomic E-state index is 12.4. The first-order valence-corrected chi connectivity index (χ1v) is 15.4. The molecular formula is C40H36N2O4. The van der Waals surface area contributed by atoms with Crippen LogP contribution in [0.1, 0.15) is 70.7 Å². The highest BCUT2D eigenvalue weighted by atomic mass is 16.5. The second-order valence-corrected chi connectivity index (χ2v) is 13.0. The summed E-state index contributed by atoms with van der Waals surface area (Å²) in [6.45, 7) is 9.12. The summed E-state index contributed by atoms with van der Waals surface area (Å²) in [5.41, 5.74) is 13.8. The van der Waals surface area contributed by atoms with Crippen LogP contribution < -0.4 is 10.6 Å². The number of rotatable bonds is 6. The summed E-state index contributed by atoms with van der Waals surface area (Å²) in [5, 5.41) is 6.91. The quantitative estimate of drug-likeness (QED) is 0.187. The third-order valence-corrected chi connectivity index (χ3v) is 9.69. The molecule has 0 fully saturated rings. The largest absolute Gasteiger partial charge is 0.465 e. The number of benzene rings is 5. The number of fused-ring (bicyclic) bond motifs is 6. The molecule has 46 heavy (non-hydrogen) atoms. The number of carbonyl (C=O) groups excluding carboxylic acids is 2. The van der Waals surface area contributed by atoms with Gasteiger partial charge in [-0.15, -0.1) is 0 Å². The Labute approximate surface area is 269 Å². The molecule has 0 atom stereocenters. The zero-order chi connectivity index (χ0) is 32.4. The second-order valence-electron chi connectivity index (χ2n) is 13.0.